The van der Waals surface area contributed by atoms with Gasteiger partial charge in [-0.3, -0.25) is 0 Å². The van der Waals surface area contributed by atoms with Gasteiger partial charge in [0.1, 0.15) is 11.5 Å². The average Bonchev–Trinajstić information content (AvgIpc) is 2.40. The van der Waals surface area contributed by atoms with Gasteiger partial charge >= 0.3 is 0 Å². The molecule has 2 aromatic rings. The van der Waals surface area contributed by atoms with Crippen molar-refractivity contribution in [1.29, 1.82) is 0 Å². The lowest BCUT2D eigenvalue weighted by molar-refractivity contribution is 0.482. The summed E-state index contributed by atoms with van der Waals surface area (Å²) in [6, 6.07) is 14.1. The predicted octanol–water partition coefficient (Wildman–Crippen LogP) is 4.72. The first-order chi connectivity index (χ1) is 9.10. The molecule has 0 fully saturated rings. The number of nitrogens with one attached hydrogen (secondary N) is 1. The quantitative estimate of drug-likeness (QED) is 0.872. The maximum Gasteiger partial charge on any atom is 0.146 e. The lowest BCUT2D eigenvalue weighted by Crippen LogP contribution is -2.12. The SMILES string of the molecule is CNC(C)c1ccc(Oc2cccc(C)c2)c(Cl)c1. The van der Waals surface area contributed by atoms with Crippen LogP contribution in [0.5, 0.6) is 11.5 Å². The molecule has 0 radical (unpaired) electrons. The summed E-state index contributed by atoms with van der Waals surface area (Å²) in [4.78, 5) is 0. The Morgan fingerprint density at radius 3 is 2.58 bits per heavy atom. The summed E-state index contributed by atoms with van der Waals surface area (Å²) in [7, 11) is 1.93. The number of ether oxygens (including phenoxy) is 1. The summed E-state index contributed by atoms with van der Waals surface area (Å²) in [5.41, 5.74) is 2.30. The highest BCUT2D eigenvalue weighted by Crippen LogP contribution is 2.31. The van der Waals surface area contributed by atoms with Crippen LogP contribution in [0.2, 0.25) is 5.02 Å². The summed E-state index contributed by atoms with van der Waals surface area (Å²) in [6.07, 6.45) is 0. The van der Waals surface area contributed by atoms with Gasteiger partial charge in [-0.25, -0.2) is 0 Å². The zero-order valence-electron chi connectivity index (χ0n) is 11.4. The molecule has 3 heteroatoms. The summed E-state index contributed by atoms with van der Waals surface area (Å²) in [6.45, 7) is 4.12. The van der Waals surface area contributed by atoms with E-state index in [4.69, 9.17) is 16.3 Å². The fourth-order valence-corrected chi connectivity index (χ4v) is 2.07. The smallest absolute Gasteiger partial charge is 0.146 e. The molecule has 100 valence electrons. The second kappa shape index (κ2) is 6.09. The third kappa shape index (κ3) is 3.49. The van der Waals surface area contributed by atoms with Crippen molar-refractivity contribution in [3.63, 3.8) is 0 Å². The number of hydrogen-bond donors (Lipinski definition) is 1. The van der Waals surface area contributed by atoms with Crippen LogP contribution in [0.3, 0.4) is 0 Å². The third-order valence-corrected chi connectivity index (χ3v) is 3.40. The number of benzene rings is 2. The minimum absolute atomic E-state index is 0.269. The van der Waals surface area contributed by atoms with Gasteiger partial charge in [0.2, 0.25) is 0 Å². The van der Waals surface area contributed by atoms with Crippen molar-refractivity contribution in [3.05, 3.63) is 58.6 Å². The van der Waals surface area contributed by atoms with Crippen LogP contribution in [-0.4, -0.2) is 7.05 Å². The Hall–Kier alpha value is -1.51. The van der Waals surface area contributed by atoms with Crippen molar-refractivity contribution in [1.82, 2.24) is 5.32 Å². The van der Waals surface area contributed by atoms with Gasteiger partial charge in [0.05, 0.1) is 5.02 Å². The first kappa shape index (κ1) is 13.9. The van der Waals surface area contributed by atoms with Gasteiger partial charge in [-0.05, 0) is 56.3 Å². The number of aryl methyl sites for hydroxylation is 1. The molecule has 1 N–H and O–H groups in total. The molecule has 0 spiro atoms. The Balaban J connectivity index is 2.22. The lowest BCUT2D eigenvalue weighted by atomic mass is 10.1. The van der Waals surface area contributed by atoms with Gasteiger partial charge in [0.25, 0.3) is 0 Å². The Labute approximate surface area is 119 Å². The third-order valence-electron chi connectivity index (χ3n) is 3.11. The summed E-state index contributed by atoms with van der Waals surface area (Å²) >= 11 is 6.27. The zero-order valence-corrected chi connectivity index (χ0v) is 12.2. The number of hydrogen-bond acceptors (Lipinski definition) is 2. The van der Waals surface area contributed by atoms with Gasteiger partial charge in [-0.1, -0.05) is 29.8 Å². The molecule has 0 aromatic heterocycles. The van der Waals surface area contributed by atoms with Crippen LogP contribution < -0.4 is 10.1 Å². The predicted molar refractivity (Wildman–Crippen MR) is 80.2 cm³/mol. The largest absolute Gasteiger partial charge is 0.456 e. The molecule has 0 aliphatic rings. The molecule has 1 atom stereocenters. The summed E-state index contributed by atoms with van der Waals surface area (Å²) < 4.78 is 5.81. The highest BCUT2D eigenvalue weighted by Gasteiger charge is 2.08. The van der Waals surface area contributed by atoms with Crippen LogP contribution in [0.15, 0.2) is 42.5 Å². The molecule has 0 amide bonds. The second-order valence-corrected chi connectivity index (χ2v) is 5.03. The molecular weight excluding hydrogens is 258 g/mol. The van der Waals surface area contributed by atoms with Crippen molar-refractivity contribution >= 4 is 11.6 Å². The van der Waals surface area contributed by atoms with Crippen molar-refractivity contribution in [2.45, 2.75) is 19.9 Å². The van der Waals surface area contributed by atoms with E-state index >= 15 is 0 Å². The topological polar surface area (TPSA) is 21.3 Å². The van der Waals surface area contributed by atoms with E-state index in [-0.39, 0.29) is 6.04 Å². The molecule has 0 saturated carbocycles. The zero-order chi connectivity index (χ0) is 13.8. The number of rotatable bonds is 4. The summed E-state index contributed by atoms with van der Waals surface area (Å²) in [5, 5.41) is 3.81. The van der Waals surface area contributed by atoms with Crippen LogP contribution >= 0.6 is 11.6 Å². The minimum Gasteiger partial charge on any atom is -0.456 e. The molecular formula is C16H18ClNO. The molecule has 2 aromatic carbocycles. The minimum atomic E-state index is 0.269. The molecule has 0 bridgehead atoms. The Morgan fingerprint density at radius 2 is 1.95 bits per heavy atom. The van der Waals surface area contributed by atoms with Crippen LogP contribution in [0.1, 0.15) is 24.1 Å². The maximum absolute atomic E-state index is 6.27. The maximum atomic E-state index is 6.27. The first-order valence-corrected chi connectivity index (χ1v) is 6.69. The Bertz CT molecular complexity index is 568. The van der Waals surface area contributed by atoms with E-state index in [9.17, 15) is 0 Å². The molecule has 2 nitrogen and oxygen atoms in total. The van der Waals surface area contributed by atoms with Gasteiger partial charge in [-0.2, -0.15) is 0 Å². The average molecular weight is 276 g/mol. The monoisotopic (exact) mass is 275 g/mol. The van der Waals surface area contributed by atoms with E-state index < -0.39 is 0 Å². The highest BCUT2D eigenvalue weighted by atomic mass is 35.5. The van der Waals surface area contributed by atoms with E-state index in [2.05, 4.69) is 12.2 Å². The summed E-state index contributed by atoms with van der Waals surface area (Å²) in [5.74, 6) is 1.48. The Morgan fingerprint density at radius 1 is 1.16 bits per heavy atom. The van der Waals surface area contributed by atoms with Crippen LogP contribution in [0.4, 0.5) is 0 Å². The Kier molecular flexibility index (Phi) is 4.46. The van der Waals surface area contributed by atoms with Crippen molar-refractivity contribution in [3.8, 4) is 11.5 Å². The van der Waals surface area contributed by atoms with Crippen molar-refractivity contribution < 1.29 is 4.74 Å². The van der Waals surface area contributed by atoms with E-state index in [1.54, 1.807) is 0 Å². The molecule has 1 unspecified atom stereocenters. The molecule has 0 heterocycles. The molecule has 19 heavy (non-hydrogen) atoms. The van der Waals surface area contributed by atoms with E-state index in [0.717, 1.165) is 16.9 Å². The van der Waals surface area contributed by atoms with Crippen molar-refractivity contribution in [2.75, 3.05) is 7.05 Å². The standard InChI is InChI=1S/C16H18ClNO/c1-11-5-4-6-14(9-11)19-16-8-7-13(10-15(16)17)12(2)18-3/h4-10,12,18H,1-3H3. The van der Waals surface area contributed by atoms with Crippen molar-refractivity contribution in [2.24, 2.45) is 0 Å². The fourth-order valence-electron chi connectivity index (χ4n) is 1.84. The molecule has 0 saturated heterocycles. The van der Waals surface area contributed by atoms with Gasteiger partial charge < -0.3 is 10.1 Å². The highest BCUT2D eigenvalue weighted by molar-refractivity contribution is 6.32. The van der Waals surface area contributed by atoms with Crippen LogP contribution in [0.25, 0.3) is 0 Å². The van der Waals surface area contributed by atoms with Gasteiger partial charge in [0.15, 0.2) is 0 Å². The fraction of sp³-hybridized carbons (Fsp3) is 0.250. The van der Waals surface area contributed by atoms with E-state index in [1.807, 2.05) is 56.4 Å². The second-order valence-electron chi connectivity index (χ2n) is 4.62. The number of halogens is 1. The molecule has 0 aliphatic heterocycles. The normalized spacial score (nSPS) is 12.2. The van der Waals surface area contributed by atoms with Crippen LogP contribution in [0, 0.1) is 6.92 Å². The molecule has 0 aliphatic carbocycles. The molecule has 2 rings (SSSR count). The van der Waals surface area contributed by atoms with Gasteiger partial charge in [-0.15, -0.1) is 0 Å². The van der Waals surface area contributed by atoms with Crippen LogP contribution in [-0.2, 0) is 0 Å². The van der Waals surface area contributed by atoms with E-state index in [0.29, 0.717) is 10.8 Å². The van der Waals surface area contributed by atoms with E-state index in [1.165, 1.54) is 0 Å². The first-order valence-electron chi connectivity index (χ1n) is 6.31. The lowest BCUT2D eigenvalue weighted by Gasteiger charge is -2.13. The van der Waals surface area contributed by atoms with Gasteiger partial charge in [0, 0.05) is 6.04 Å².